The van der Waals surface area contributed by atoms with Crippen LogP contribution in [-0.2, 0) is 4.79 Å². The Bertz CT molecular complexity index is 884. The number of benzene rings is 2. The van der Waals surface area contributed by atoms with E-state index < -0.39 is 10.2 Å². The van der Waals surface area contributed by atoms with Gasteiger partial charge in [-0.1, -0.05) is 60.4 Å². The molecule has 0 aliphatic carbocycles. The van der Waals surface area contributed by atoms with Gasteiger partial charge in [-0.25, -0.2) is 0 Å². The molecule has 3 rings (SSSR count). The first kappa shape index (κ1) is 20.3. The van der Waals surface area contributed by atoms with Gasteiger partial charge in [0.25, 0.3) is 5.69 Å². The maximum atomic E-state index is 13.1. The first-order valence-electron chi connectivity index (χ1n) is 9.02. The van der Waals surface area contributed by atoms with Gasteiger partial charge >= 0.3 is 0 Å². The van der Waals surface area contributed by atoms with Crippen LogP contribution in [0.5, 0.6) is 0 Å². The summed E-state index contributed by atoms with van der Waals surface area (Å²) in [5, 5.41) is 13.5. The van der Waals surface area contributed by atoms with Gasteiger partial charge in [0.15, 0.2) is 0 Å². The summed E-state index contributed by atoms with van der Waals surface area (Å²) in [5.74, 6) is -0.329. The topological polar surface area (TPSA) is 75.5 Å². The summed E-state index contributed by atoms with van der Waals surface area (Å²) >= 11 is 6.87. The number of amides is 1. The minimum atomic E-state index is -0.588. The lowest BCUT2D eigenvalue weighted by molar-refractivity contribution is -0.384. The predicted octanol–water partition coefficient (Wildman–Crippen LogP) is 4.70. The molecule has 1 fully saturated rings. The fourth-order valence-electron chi connectivity index (χ4n) is 3.07. The highest BCUT2D eigenvalue weighted by Crippen LogP contribution is 2.35. The van der Waals surface area contributed by atoms with Gasteiger partial charge in [0.1, 0.15) is 15.3 Å². The number of anilines is 1. The first-order chi connectivity index (χ1) is 13.5. The molecule has 1 heterocycles. The van der Waals surface area contributed by atoms with Crippen LogP contribution in [0.15, 0.2) is 48.5 Å². The molecule has 0 bridgehead atoms. The van der Waals surface area contributed by atoms with Crippen molar-refractivity contribution in [3.63, 3.8) is 0 Å². The molecule has 6 nitrogen and oxygen atoms in total. The van der Waals surface area contributed by atoms with Gasteiger partial charge in [-0.2, -0.15) is 0 Å². The Kier molecular flexibility index (Phi) is 6.64. The molecule has 2 aromatic carbocycles. The van der Waals surface area contributed by atoms with E-state index in [4.69, 9.17) is 12.2 Å². The quantitative estimate of drug-likeness (QED) is 0.433. The fraction of sp³-hybridized carbons (Fsp3) is 0.300. The van der Waals surface area contributed by atoms with Crippen LogP contribution in [0.25, 0.3) is 0 Å². The van der Waals surface area contributed by atoms with Crippen LogP contribution < -0.4 is 5.32 Å². The van der Waals surface area contributed by atoms with E-state index in [9.17, 15) is 14.9 Å². The molecule has 1 aliphatic rings. The lowest BCUT2D eigenvalue weighted by Crippen LogP contribution is -2.27. The molecule has 1 atom stereocenters. The number of nitro groups is 1. The van der Waals surface area contributed by atoms with Gasteiger partial charge in [-0.05, 0) is 37.0 Å². The zero-order chi connectivity index (χ0) is 20.1. The van der Waals surface area contributed by atoms with E-state index >= 15 is 0 Å². The van der Waals surface area contributed by atoms with Gasteiger partial charge in [0.2, 0.25) is 5.91 Å². The second-order valence-corrected chi connectivity index (χ2v) is 8.37. The number of aryl methyl sites for hydroxylation is 1. The van der Waals surface area contributed by atoms with Gasteiger partial charge in [-0.3, -0.25) is 14.9 Å². The fourth-order valence-corrected chi connectivity index (χ4v) is 4.54. The van der Waals surface area contributed by atoms with E-state index in [0.717, 1.165) is 37.1 Å². The summed E-state index contributed by atoms with van der Waals surface area (Å²) in [7, 11) is 0. The van der Waals surface area contributed by atoms with E-state index in [1.807, 2.05) is 30.3 Å². The number of nitro benzene ring substituents is 1. The van der Waals surface area contributed by atoms with Gasteiger partial charge in [-0.15, -0.1) is 0 Å². The Morgan fingerprint density at radius 3 is 2.54 bits per heavy atom. The molecule has 1 amide bonds. The molecular weight excluding hydrogens is 394 g/mol. The Hall–Kier alpha value is -2.45. The minimum absolute atomic E-state index is 0.118. The van der Waals surface area contributed by atoms with Crippen LogP contribution in [0.4, 0.5) is 11.4 Å². The zero-order valence-corrected chi connectivity index (χ0v) is 17.1. The van der Waals surface area contributed by atoms with Crippen molar-refractivity contribution in [1.29, 1.82) is 0 Å². The zero-order valence-electron chi connectivity index (χ0n) is 15.5. The normalized spacial score (nSPS) is 14.5. The second-order valence-electron chi connectivity index (χ2n) is 6.64. The van der Waals surface area contributed by atoms with Gasteiger partial charge in [0, 0.05) is 19.2 Å². The van der Waals surface area contributed by atoms with E-state index in [-0.39, 0.29) is 17.3 Å². The molecule has 8 heteroatoms. The summed E-state index contributed by atoms with van der Waals surface area (Å²) in [5.41, 5.74) is 1.64. The number of thiocarbonyl (C=S) groups is 1. The van der Waals surface area contributed by atoms with Crippen LogP contribution in [0.2, 0.25) is 0 Å². The lowest BCUT2D eigenvalue weighted by atomic mass is 10.1. The van der Waals surface area contributed by atoms with Crippen molar-refractivity contribution >= 4 is 45.6 Å². The maximum Gasteiger partial charge on any atom is 0.293 e. The van der Waals surface area contributed by atoms with Crippen molar-refractivity contribution in [2.75, 3.05) is 18.4 Å². The third-order valence-electron chi connectivity index (χ3n) is 4.53. The minimum Gasteiger partial charge on any atom is -0.357 e. The van der Waals surface area contributed by atoms with E-state index in [1.54, 1.807) is 19.1 Å². The molecule has 146 valence electrons. The smallest absolute Gasteiger partial charge is 0.293 e. The number of likely N-dealkylation sites (tertiary alicyclic amines) is 1. The van der Waals surface area contributed by atoms with Crippen LogP contribution in [-0.4, -0.2) is 33.1 Å². The molecule has 0 spiro atoms. The summed E-state index contributed by atoms with van der Waals surface area (Å²) in [6.07, 6.45) is 2.19. The Labute approximate surface area is 173 Å². The van der Waals surface area contributed by atoms with Crippen LogP contribution in [0, 0.1) is 17.0 Å². The number of carbonyl (C=O) groups is 1. The molecule has 1 N–H and O–H groups in total. The molecule has 0 saturated carbocycles. The van der Waals surface area contributed by atoms with Crippen molar-refractivity contribution in [3.8, 4) is 0 Å². The highest BCUT2D eigenvalue weighted by Gasteiger charge is 2.28. The molecule has 0 radical (unpaired) electrons. The van der Waals surface area contributed by atoms with Crippen molar-refractivity contribution < 1.29 is 9.72 Å². The molecule has 0 aromatic heterocycles. The standard InChI is InChI=1S/C20H21N3O3S2/c1-14-9-10-16(17(13-14)23(25)26)21-19(24)18(15-7-3-2-4-8-15)28-20(27)22-11-5-6-12-22/h2-4,7-10,13,18H,5-6,11-12H2,1H3,(H,21,24)/t18-/m1/s1. The molecule has 1 aliphatic heterocycles. The van der Waals surface area contributed by atoms with E-state index in [2.05, 4.69) is 10.2 Å². The summed E-state index contributed by atoms with van der Waals surface area (Å²) in [6, 6.07) is 14.1. The molecule has 28 heavy (non-hydrogen) atoms. The molecular formula is C20H21N3O3S2. The SMILES string of the molecule is Cc1ccc(NC(=O)[C@H](SC(=S)N2CCCC2)c2ccccc2)c([N+](=O)[O-])c1. The third kappa shape index (κ3) is 4.88. The molecule has 2 aromatic rings. The molecule has 0 unspecified atom stereocenters. The van der Waals surface area contributed by atoms with Crippen molar-refractivity contribution in [3.05, 3.63) is 69.8 Å². The maximum absolute atomic E-state index is 13.1. The predicted molar refractivity (Wildman–Crippen MR) is 117 cm³/mol. The van der Waals surface area contributed by atoms with E-state index in [0.29, 0.717) is 4.32 Å². The van der Waals surface area contributed by atoms with Crippen LogP contribution >= 0.6 is 24.0 Å². The second kappa shape index (κ2) is 9.16. The average Bonchev–Trinajstić information content (AvgIpc) is 3.22. The summed E-state index contributed by atoms with van der Waals surface area (Å²) in [4.78, 5) is 26.1. The number of thioether (sulfide) groups is 1. The number of nitrogens with zero attached hydrogens (tertiary/aromatic N) is 2. The van der Waals surface area contributed by atoms with Crippen LogP contribution in [0.3, 0.4) is 0 Å². The van der Waals surface area contributed by atoms with Crippen LogP contribution in [0.1, 0.15) is 29.2 Å². The third-order valence-corrected chi connectivity index (χ3v) is 6.26. The Morgan fingerprint density at radius 1 is 1.21 bits per heavy atom. The Morgan fingerprint density at radius 2 is 1.89 bits per heavy atom. The lowest BCUT2D eigenvalue weighted by Gasteiger charge is -2.22. The Balaban J connectivity index is 1.85. The summed E-state index contributed by atoms with van der Waals surface area (Å²) in [6.45, 7) is 3.58. The highest BCUT2D eigenvalue weighted by molar-refractivity contribution is 8.23. The first-order valence-corrected chi connectivity index (χ1v) is 10.3. The molecule has 1 saturated heterocycles. The van der Waals surface area contributed by atoms with E-state index in [1.165, 1.54) is 17.8 Å². The highest BCUT2D eigenvalue weighted by atomic mass is 32.2. The average molecular weight is 416 g/mol. The number of hydrogen-bond donors (Lipinski definition) is 1. The van der Waals surface area contributed by atoms with Crippen molar-refractivity contribution in [1.82, 2.24) is 4.90 Å². The van der Waals surface area contributed by atoms with Crippen molar-refractivity contribution in [2.45, 2.75) is 25.0 Å². The monoisotopic (exact) mass is 415 g/mol. The van der Waals surface area contributed by atoms with Gasteiger partial charge in [0.05, 0.1) is 4.92 Å². The van der Waals surface area contributed by atoms with Gasteiger partial charge < -0.3 is 10.2 Å². The number of nitrogens with one attached hydrogen (secondary N) is 1. The largest absolute Gasteiger partial charge is 0.357 e. The van der Waals surface area contributed by atoms with Crippen molar-refractivity contribution in [2.24, 2.45) is 0 Å². The number of hydrogen-bond acceptors (Lipinski definition) is 5. The summed E-state index contributed by atoms with van der Waals surface area (Å²) < 4.78 is 0.680. The number of rotatable bonds is 5. The number of carbonyl (C=O) groups excluding carboxylic acids is 1.